The van der Waals surface area contributed by atoms with E-state index in [2.05, 4.69) is 21.3 Å². The summed E-state index contributed by atoms with van der Waals surface area (Å²) in [5, 5.41) is 11.3. The fourth-order valence-electron chi connectivity index (χ4n) is 4.04. The smallest absolute Gasteiger partial charge is 0.329 e. The maximum absolute atomic E-state index is 13.1. The van der Waals surface area contributed by atoms with E-state index in [1.165, 1.54) is 12.1 Å². The lowest BCUT2D eigenvalue weighted by Gasteiger charge is -2.30. The van der Waals surface area contributed by atoms with E-state index in [4.69, 9.17) is 0 Å². The van der Waals surface area contributed by atoms with Gasteiger partial charge in [-0.2, -0.15) is 13.2 Å². The standard InChI is InChI=1S/C30H27F3N4O2/c1-20-12-16-24(17-13-20)34-28(38)36-26(21-8-4-2-5-9-21)27(22-10-6-3-7-11-22)37-29(39)35-25-18-14-23(15-19-25)30(31,32)33/h2-19,26-27H,1H3,(H2,34,36,38)(H2,35,37,39)/t26-,27+/m1/s1. The first-order valence-corrected chi connectivity index (χ1v) is 12.2. The molecule has 0 radical (unpaired) electrons. The van der Waals surface area contributed by atoms with Crippen LogP contribution >= 0.6 is 0 Å². The number of rotatable bonds is 7. The van der Waals surface area contributed by atoms with Crippen molar-refractivity contribution in [1.29, 1.82) is 0 Å². The van der Waals surface area contributed by atoms with Crippen molar-refractivity contribution in [2.24, 2.45) is 0 Å². The molecule has 4 N–H and O–H groups in total. The van der Waals surface area contributed by atoms with Crippen LogP contribution in [0.15, 0.2) is 109 Å². The summed E-state index contributed by atoms with van der Waals surface area (Å²) in [6, 6.07) is 27.2. The van der Waals surface area contributed by atoms with Gasteiger partial charge in [-0.25, -0.2) is 9.59 Å². The van der Waals surface area contributed by atoms with Gasteiger partial charge in [-0.3, -0.25) is 0 Å². The van der Waals surface area contributed by atoms with E-state index in [1.54, 1.807) is 12.1 Å². The number of carbonyl (C=O) groups excluding carboxylic acids is 2. The Balaban J connectivity index is 1.59. The third-order valence-electron chi connectivity index (χ3n) is 6.00. The highest BCUT2D eigenvalue weighted by molar-refractivity contribution is 5.91. The minimum absolute atomic E-state index is 0.189. The molecule has 0 aliphatic rings. The van der Waals surface area contributed by atoms with Gasteiger partial charge in [0.2, 0.25) is 0 Å². The number of halogens is 3. The molecule has 6 nitrogen and oxygen atoms in total. The lowest BCUT2D eigenvalue weighted by Crippen LogP contribution is -2.43. The first-order chi connectivity index (χ1) is 18.7. The molecule has 0 aliphatic carbocycles. The number of hydrogen-bond donors (Lipinski definition) is 4. The molecular formula is C30H27F3N4O2. The number of hydrogen-bond acceptors (Lipinski definition) is 2. The van der Waals surface area contributed by atoms with Crippen molar-refractivity contribution in [2.45, 2.75) is 25.2 Å². The molecule has 4 rings (SSSR count). The topological polar surface area (TPSA) is 82.3 Å². The molecule has 0 saturated heterocycles. The molecule has 0 aromatic heterocycles. The molecule has 200 valence electrons. The lowest BCUT2D eigenvalue weighted by atomic mass is 9.93. The van der Waals surface area contributed by atoms with Crippen LogP contribution in [-0.2, 0) is 6.18 Å². The van der Waals surface area contributed by atoms with Crippen LogP contribution in [0.1, 0.15) is 34.3 Å². The maximum Gasteiger partial charge on any atom is 0.416 e. The number of nitrogens with one attached hydrogen (secondary N) is 4. The summed E-state index contributed by atoms with van der Waals surface area (Å²) in [5.74, 6) is 0. The molecule has 0 fully saturated rings. The number of amides is 4. The van der Waals surface area contributed by atoms with E-state index in [-0.39, 0.29) is 5.69 Å². The van der Waals surface area contributed by atoms with Gasteiger partial charge in [0.25, 0.3) is 0 Å². The van der Waals surface area contributed by atoms with Gasteiger partial charge in [-0.15, -0.1) is 0 Å². The minimum atomic E-state index is -4.48. The van der Waals surface area contributed by atoms with Crippen molar-refractivity contribution < 1.29 is 22.8 Å². The van der Waals surface area contributed by atoms with Crippen LogP contribution in [0.2, 0.25) is 0 Å². The molecular weight excluding hydrogens is 505 g/mol. The highest BCUT2D eigenvalue weighted by atomic mass is 19.4. The van der Waals surface area contributed by atoms with Gasteiger partial charge in [-0.05, 0) is 54.4 Å². The third-order valence-corrected chi connectivity index (χ3v) is 6.00. The fraction of sp³-hybridized carbons (Fsp3) is 0.133. The number of alkyl halides is 3. The second-order valence-corrected chi connectivity index (χ2v) is 8.91. The van der Waals surface area contributed by atoms with E-state index < -0.39 is 35.9 Å². The van der Waals surface area contributed by atoms with Gasteiger partial charge in [0.05, 0.1) is 17.6 Å². The van der Waals surface area contributed by atoms with E-state index >= 15 is 0 Å². The molecule has 39 heavy (non-hydrogen) atoms. The van der Waals surface area contributed by atoms with Crippen LogP contribution in [0.5, 0.6) is 0 Å². The van der Waals surface area contributed by atoms with Crippen molar-refractivity contribution in [2.75, 3.05) is 10.6 Å². The highest BCUT2D eigenvalue weighted by Crippen LogP contribution is 2.31. The van der Waals surface area contributed by atoms with Gasteiger partial charge < -0.3 is 21.3 Å². The van der Waals surface area contributed by atoms with Gasteiger partial charge in [0.1, 0.15) is 0 Å². The molecule has 2 atom stereocenters. The maximum atomic E-state index is 13.1. The van der Waals surface area contributed by atoms with Crippen molar-refractivity contribution in [3.05, 3.63) is 131 Å². The fourth-order valence-corrected chi connectivity index (χ4v) is 4.04. The third kappa shape index (κ3) is 7.61. The van der Waals surface area contributed by atoms with Crippen LogP contribution in [0.4, 0.5) is 34.1 Å². The Kier molecular flexibility index (Phi) is 8.50. The molecule has 4 amide bonds. The van der Waals surface area contributed by atoms with Crippen LogP contribution in [-0.4, -0.2) is 12.1 Å². The number of aryl methyl sites for hydroxylation is 1. The molecule has 0 heterocycles. The molecule has 0 spiro atoms. The minimum Gasteiger partial charge on any atom is -0.329 e. The van der Waals surface area contributed by atoms with E-state index in [9.17, 15) is 22.8 Å². The quantitative estimate of drug-likeness (QED) is 0.200. The van der Waals surface area contributed by atoms with Crippen LogP contribution in [0.25, 0.3) is 0 Å². The average molecular weight is 533 g/mol. The van der Waals surface area contributed by atoms with Crippen molar-refractivity contribution in [3.8, 4) is 0 Å². The van der Waals surface area contributed by atoms with Gasteiger partial charge in [-0.1, -0.05) is 78.4 Å². The predicted octanol–water partition coefficient (Wildman–Crippen LogP) is 7.44. The molecule has 0 saturated carbocycles. The number of carbonyl (C=O) groups is 2. The van der Waals surface area contributed by atoms with Crippen LogP contribution in [0, 0.1) is 6.92 Å². The summed E-state index contributed by atoms with van der Waals surface area (Å²) in [6.07, 6.45) is -4.48. The van der Waals surface area contributed by atoms with E-state index in [1.807, 2.05) is 79.7 Å². The number of benzene rings is 4. The molecule has 4 aromatic rings. The van der Waals surface area contributed by atoms with E-state index in [0.717, 1.165) is 23.3 Å². The zero-order valence-corrected chi connectivity index (χ0v) is 21.0. The summed E-state index contributed by atoms with van der Waals surface area (Å²) in [7, 11) is 0. The first kappa shape index (κ1) is 27.3. The first-order valence-electron chi connectivity index (χ1n) is 12.2. The summed E-state index contributed by atoms with van der Waals surface area (Å²) in [4.78, 5) is 26.1. The summed E-state index contributed by atoms with van der Waals surface area (Å²) in [6.45, 7) is 1.95. The Bertz CT molecular complexity index is 1380. The Morgan fingerprint density at radius 2 is 0.974 bits per heavy atom. The Morgan fingerprint density at radius 1 is 0.590 bits per heavy atom. The lowest BCUT2D eigenvalue weighted by molar-refractivity contribution is -0.137. The highest BCUT2D eigenvalue weighted by Gasteiger charge is 2.31. The average Bonchev–Trinajstić information content (AvgIpc) is 2.93. The zero-order chi connectivity index (χ0) is 27.8. The summed E-state index contributed by atoms with van der Waals surface area (Å²) in [5.41, 5.74) is 2.48. The SMILES string of the molecule is Cc1ccc(NC(=O)N[C@H](c2ccccc2)[C@@H](NC(=O)Nc2ccc(C(F)(F)F)cc2)c2ccccc2)cc1. The van der Waals surface area contributed by atoms with Gasteiger partial charge in [0.15, 0.2) is 0 Å². The molecule has 0 unspecified atom stereocenters. The van der Waals surface area contributed by atoms with Crippen molar-refractivity contribution in [1.82, 2.24) is 10.6 Å². The van der Waals surface area contributed by atoms with Crippen LogP contribution in [0.3, 0.4) is 0 Å². The monoisotopic (exact) mass is 532 g/mol. The number of urea groups is 2. The van der Waals surface area contributed by atoms with Crippen molar-refractivity contribution >= 4 is 23.4 Å². The Labute approximate surface area is 224 Å². The second-order valence-electron chi connectivity index (χ2n) is 8.91. The van der Waals surface area contributed by atoms with E-state index in [0.29, 0.717) is 11.3 Å². The molecule has 9 heteroatoms. The predicted molar refractivity (Wildman–Crippen MR) is 145 cm³/mol. The van der Waals surface area contributed by atoms with Gasteiger partial charge >= 0.3 is 18.2 Å². The normalized spacial score (nSPS) is 12.6. The van der Waals surface area contributed by atoms with Crippen molar-refractivity contribution in [3.63, 3.8) is 0 Å². The second kappa shape index (κ2) is 12.2. The molecule has 0 bridgehead atoms. The zero-order valence-electron chi connectivity index (χ0n) is 21.0. The number of anilines is 2. The van der Waals surface area contributed by atoms with Crippen LogP contribution < -0.4 is 21.3 Å². The molecule has 4 aromatic carbocycles. The molecule has 0 aliphatic heterocycles. The largest absolute Gasteiger partial charge is 0.416 e. The summed E-state index contributed by atoms with van der Waals surface area (Å²) < 4.78 is 38.7. The Morgan fingerprint density at radius 3 is 1.36 bits per heavy atom. The summed E-state index contributed by atoms with van der Waals surface area (Å²) >= 11 is 0. The Hall–Kier alpha value is -4.79. The van der Waals surface area contributed by atoms with Gasteiger partial charge in [0, 0.05) is 11.4 Å².